The molecule has 2 aromatic heterocycles. The lowest BCUT2D eigenvalue weighted by Gasteiger charge is -2.37. The Balaban J connectivity index is 1.55. The predicted octanol–water partition coefficient (Wildman–Crippen LogP) is 1.04. The summed E-state index contributed by atoms with van der Waals surface area (Å²) in [6.07, 6.45) is 2.52. The predicted molar refractivity (Wildman–Crippen MR) is 93.2 cm³/mol. The first-order valence-corrected chi connectivity index (χ1v) is 8.92. The molecule has 8 nitrogen and oxygen atoms in total. The summed E-state index contributed by atoms with van der Waals surface area (Å²) in [6, 6.07) is 1.84. The summed E-state index contributed by atoms with van der Waals surface area (Å²) in [5.74, 6) is 0.919. The molecule has 1 aliphatic heterocycles. The Morgan fingerprint density at radius 2 is 2.12 bits per heavy atom. The van der Waals surface area contributed by atoms with Crippen LogP contribution in [0, 0.1) is 0 Å². The van der Waals surface area contributed by atoms with Crippen LogP contribution >= 0.6 is 11.3 Å². The monoisotopic (exact) mass is 347 g/mol. The number of hydrogen-bond donors (Lipinski definition) is 1. The molecule has 3 rings (SSSR count). The number of amides is 1. The lowest BCUT2D eigenvalue weighted by Crippen LogP contribution is -2.53. The fourth-order valence-corrected chi connectivity index (χ4v) is 3.14. The Kier molecular flexibility index (Phi) is 5.31. The van der Waals surface area contributed by atoms with Gasteiger partial charge in [0.05, 0.1) is 6.04 Å². The fourth-order valence-electron chi connectivity index (χ4n) is 2.69. The molecule has 1 atom stereocenters. The maximum atomic E-state index is 12.3. The number of aryl methyl sites for hydroxylation is 1. The zero-order valence-corrected chi connectivity index (χ0v) is 14.7. The second-order valence-electron chi connectivity index (χ2n) is 5.65. The maximum Gasteiger partial charge on any atom is 0.243 e. The molecule has 1 N–H and O–H groups in total. The summed E-state index contributed by atoms with van der Waals surface area (Å²) in [4.78, 5) is 25.3. The number of nitrogens with one attached hydrogen (secondary N) is 1. The van der Waals surface area contributed by atoms with Crippen molar-refractivity contribution in [3.8, 4) is 0 Å². The van der Waals surface area contributed by atoms with E-state index in [-0.39, 0.29) is 11.9 Å². The highest BCUT2D eigenvalue weighted by Gasteiger charge is 2.26. The first-order valence-electron chi connectivity index (χ1n) is 8.04. The van der Waals surface area contributed by atoms with Crippen LogP contribution in [0.5, 0.6) is 0 Å². The average molecular weight is 347 g/mol. The van der Waals surface area contributed by atoms with Crippen LogP contribution in [-0.2, 0) is 11.2 Å². The second-order valence-corrected chi connectivity index (χ2v) is 6.49. The normalized spacial score (nSPS) is 16.8. The standard InChI is InChI=1S/C15H21N7OS/c1-3-12-8-13(17-9-16-12)22-6-4-21(5-7-22)11(2)14(23)19-15-20-18-10-24-15/h8-11H,3-7H2,1-2H3,(H,19,20,23)/t11-/m0/s1. The number of hydrogen-bond acceptors (Lipinski definition) is 8. The Morgan fingerprint density at radius 1 is 1.33 bits per heavy atom. The number of piperazine rings is 1. The van der Waals surface area contributed by atoms with Crippen LogP contribution in [0.1, 0.15) is 19.5 Å². The highest BCUT2D eigenvalue weighted by atomic mass is 32.1. The molecule has 1 aliphatic rings. The molecular weight excluding hydrogens is 326 g/mol. The molecule has 0 aromatic carbocycles. The summed E-state index contributed by atoms with van der Waals surface area (Å²) in [7, 11) is 0. The molecule has 1 saturated heterocycles. The number of nitrogens with zero attached hydrogens (tertiary/aromatic N) is 6. The van der Waals surface area contributed by atoms with Gasteiger partial charge in [-0.3, -0.25) is 15.0 Å². The Labute approximate surface area is 144 Å². The molecule has 3 heterocycles. The summed E-state index contributed by atoms with van der Waals surface area (Å²) >= 11 is 1.32. The molecule has 128 valence electrons. The lowest BCUT2D eigenvalue weighted by molar-refractivity contribution is -0.120. The van der Waals surface area contributed by atoms with Crippen LogP contribution < -0.4 is 10.2 Å². The lowest BCUT2D eigenvalue weighted by atomic mass is 10.2. The van der Waals surface area contributed by atoms with Gasteiger partial charge in [0.15, 0.2) is 0 Å². The quantitative estimate of drug-likeness (QED) is 0.864. The molecule has 0 spiro atoms. The largest absolute Gasteiger partial charge is 0.354 e. The van der Waals surface area contributed by atoms with Crippen molar-refractivity contribution in [3.63, 3.8) is 0 Å². The molecule has 0 bridgehead atoms. The zero-order chi connectivity index (χ0) is 16.9. The maximum absolute atomic E-state index is 12.3. The van der Waals surface area contributed by atoms with Gasteiger partial charge in [-0.2, -0.15) is 0 Å². The third-order valence-electron chi connectivity index (χ3n) is 4.23. The molecule has 2 aromatic rings. The van der Waals surface area contributed by atoms with E-state index in [0.29, 0.717) is 5.13 Å². The topological polar surface area (TPSA) is 87.1 Å². The van der Waals surface area contributed by atoms with Crippen molar-refractivity contribution in [1.82, 2.24) is 25.1 Å². The van der Waals surface area contributed by atoms with Gasteiger partial charge in [-0.25, -0.2) is 9.97 Å². The summed E-state index contributed by atoms with van der Waals surface area (Å²) in [5, 5.41) is 10.9. The van der Waals surface area contributed by atoms with Crippen molar-refractivity contribution < 1.29 is 4.79 Å². The van der Waals surface area contributed by atoms with Crippen LogP contribution in [0.25, 0.3) is 0 Å². The van der Waals surface area contributed by atoms with E-state index in [1.807, 2.05) is 13.0 Å². The highest BCUT2D eigenvalue weighted by molar-refractivity contribution is 7.13. The van der Waals surface area contributed by atoms with Crippen LogP contribution in [0.4, 0.5) is 10.9 Å². The Morgan fingerprint density at radius 3 is 2.79 bits per heavy atom. The van der Waals surface area contributed by atoms with Gasteiger partial charge in [-0.15, -0.1) is 10.2 Å². The third kappa shape index (κ3) is 3.85. The smallest absolute Gasteiger partial charge is 0.243 e. The van der Waals surface area contributed by atoms with E-state index in [1.165, 1.54) is 11.3 Å². The summed E-state index contributed by atoms with van der Waals surface area (Å²) in [5.41, 5.74) is 2.65. The first kappa shape index (κ1) is 16.7. The molecule has 9 heteroatoms. The van der Waals surface area contributed by atoms with E-state index >= 15 is 0 Å². The van der Waals surface area contributed by atoms with Gasteiger partial charge in [-0.1, -0.05) is 18.3 Å². The van der Waals surface area contributed by atoms with E-state index in [2.05, 4.69) is 42.2 Å². The summed E-state index contributed by atoms with van der Waals surface area (Å²) < 4.78 is 0. The molecule has 1 fully saturated rings. The van der Waals surface area contributed by atoms with Gasteiger partial charge in [-0.05, 0) is 13.3 Å². The molecule has 1 amide bonds. The van der Waals surface area contributed by atoms with Gasteiger partial charge in [0, 0.05) is 37.9 Å². The minimum atomic E-state index is -0.201. The zero-order valence-electron chi connectivity index (χ0n) is 13.8. The fraction of sp³-hybridized carbons (Fsp3) is 0.533. The minimum absolute atomic E-state index is 0.0458. The van der Waals surface area contributed by atoms with Gasteiger partial charge in [0.2, 0.25) is 11.0 Å². The van der Waals surface area contributed by atoms with Gasteiger partial charge in [0.25, 0.3) is 0 Å². The van der Waals surface area contributed by atoms with Crippen molar-refractivity contribution >= 4 is 28.2 Å². The van der Waals surface area contributed by atoms with Gasteiger partial charge < -0.3 is 4.90 Å². The molecule has 0 radical (unpaired) electrons. The molecule has 0 saturated carbocycles. The molecule has 24 heavy (non-hydrogen) atoms. The van der Waals surface area contributed by atoms with Crippen molar-refractivity contribution in [2.45, 2.75) is 26.3 Å². The van der Waals surface area contributed by atoms with Crippen LogP contribution in [0.2, 0.25) is 0 Å². The van der Waals surface area contributed by atoms with Gasteiger partial charge in [0.1, 0.15) is 17.7 Å². The SMILES string of the molecule is CCc1cc(N2CCN([C@@H](C)C(=O)Nc3nncs3)CC2)ncn1. The summed E-state index contributed by atoms with van der Waals surface area (Å²) in [6.45, 7) is 7.33. The first-order chi connectivity index (χ1) is 11.7. The second kappa shape index (κ2) is 7.63. The van der Waals surface area contributed by atoms with Crippen molar-refractivity contribution in [3.05, 3.63) is 23.6 Å². The van der Waals surface area contributed by atoms with E-state index in [9.17, 15) is 4.79 Å². The van der Waals surface area contributed by atoms with E-state index < -0.39 is 0 Å². The number of anilines is 2. The Hall–Kier alpha value is -2.13. The number of aromatic nitrogens is 4. The molecular formula is C15H21N7OS. The number of carbonyl (C=O) groups is 1. The van der Waals surface area contributed by atoms with E-state index in [1.54, 1.807) is 11.8 Å². The average Bonchev–Trinajstić information content (AvgIpc) is 3.14. The Bertz CT molecular complexity index is 670. The molecule has 0 unspecified atom stereocenters. The van der Waals surface area contributed by atoms with Crippen molar-refractivity contribution in [1.29, 1.82) is 0 Å². The van der Waals surface area contributed by atoms with Crippen molar-refractivity contribution in [2.75, 3.05) is 36.4 Å². The molecule has 0 aliphatic carbocycles. The minimum Gasteiger partial charge on any atom is -0.354 e. The van der Waals surface area contributed by atoms with Crippen LogP contribution in [0.15, 0.2) is 17.9 Å². The van der Waals surface area contributed by atoms with E-state index in [0.717, 1.165) is 44.1 Å². The van der Waals surface area contributed by atoms with Crippen LogP contribution in [0.3, 0.4) is 0 Å². The number of rotatable bonds is 5. The highest BCUT2D eigenvalue weighted by Crippen LogP contribution is 2.16. The van der Waals surface area contributed by atoms with Gasteiger partial charge >= 0.3 is 0 Å². The van der Waals surface area contributed by atoms with Crippen molar-refractivity contribution in [2.24, 2.45) is 0 Å². The number of carbonyl (C=O) groups excluding carboxylic acids is 1. The van der Waals surface area contributed by atoms with Crippen LogP contribution in [-0.4, -0.2) is 63.2 Å². The van der Waals surface area contributed by atoms with E-state index in [4.69, 9.17) is 0 Å². The third-order valence-corrected chi connectivity index (χ3v) is 4.83.